The summed E-state index contributed by atoms with van der Waals surface area (Å²) in [6.45, 7) is 14.1. The van der Waals surface area contributed by atoms with E-state index in [1.165, 1.54) is 225 Å². The third-order valence-electron chi connectivity index (χ3n) is 13.8. The molecule has 0 aromatic heterocycles. The van der Waals surface area contributed by atoms with Gasteiger partial charge in [-0.05, 0) is 154 Å². The molecule has 318 valence electrons. The van der Waals surface area contributed by atoms with Crippen LogP contribution in [0.5, 0.6) is 0 Å². The van der Waals surface area contributed by atoms with Crippen LogP contribution in [0.15, 0.2) is 48.5 Å². The molecule has 0 spiro atoms. The quantitative estimate of drug-likeness (QED) is 0.0321. The van der Waals surface area contributed by atoms with Gasteiger partial charge in [0.25, 0.3) is 0 Å². The van der Waals surface area contributed by atoms with Gasteiger partial charge in [0, 0.05) is 0 Å². The molecular formula is C58H86. The lowest BCUT2D eigenvalue weighted by Gasteiger charge is -2.22. The Morgan fingerprint density at radius 3 is 0.759 bits per heavy atom. The molecule has 0 aliphatic carbocycles. The molecule has 0 aliphatic heterocycles. The minimum absolute atomic E-state index is 1.23. The van der Waals surface area contributed by atoms with Gasteiger partial charge in [0.05, 0.1) is 0 Å². The van der Waals surface area contributed by atoms with Crippen molar-refractivity contribution >= 4 is 43.1 Å². The third kappa shape index (κ3) is 12.4. The van der Waals surface area contributed by atoms with Crippen LogP contribution in [0.1, 0.15) is 229 Å². The minimum atomic E-state index is 1.23. The van der Waals surface area contributed by atoms with Gasteiger partial charge in [-0.25, -0.2) is 0 Å². The summed E-state index contributed by atoms with van der Waals surface area (Å²) in [7, 11) is 0. The number of hydrogen-bond donors (Lipinski definition) is 0. The summed E-state index contributed by atoms with van der Waals surface area (Å²) in [6, 6.07) is 20.6. The van der Waals surface area contributed by atoms with Crippen molar-refractivity contribution in [2.24, 2.45) is 0 Å². The van der Waals surface area contributed by atoms with E-state index in [0.29, 0.717) is 0 Å². The van der Waals surface area contributed by atoms with Gasteiger partial charge in [-0.15, -0.1) is 0 Å². The zero-order valence-corrected chi connectivity index (χ0v) is 38.8. The van der Waals surface area contributed by atoms with E-state index in [0.717, 1.165) is 0 Å². The van der Waals surface area contributed by atoms with Crippen LogP contribution in [0.4, 0.5) is 0 Å². The summed E-state index contributed by atoms with van der Waals surface area (Å²) in [5, 5.41) is 12.0. The summed E-state index contributed by atoms with van der Waals surface area (Å²) >= 11 is 0. The Bertz CT molecular complexity index is 1810. The highest BCUT2D eigenvalue weighted by Gasteiger charge is 2.19. The van der Waals surface area contributed by atoms with Crippen molar-refractivity contribution in [1.29, 1.82) is 0 Å². The number of benzene rings is 5. The first-order chi connectivity index (χ1) is 28.6. The Labute approximate surface area is 357 Å². The normalized spacial score (nSPS) is 12.0. The molecule has 0 fully saturated rings. The first-order valence-electron chi connectivity index (χ1n) is 25.5. The van der Waals surface area contributed by atoms with Crippen LogP contribution in [0.2, 0.25) is 0 Å². The monoisotopic (exact) mass is 783 g/mol. The topological polar surface area (TPSA) is 0 Å². The van der Waals surface area contributed by atoms with E-state index in [-0.39, 0.29) is 0 Å². The van der Waals surface area contributed by atoms with Gasteiger partial charge in [-0.3, -0.25) is 0 Å². The number of hydrogen-bond acceptors (Lipinski definition) is 0. The Morgan fingerprint density at radius 1 is 0.224 bits per heavy atom. The van der Waals surface area contributed by atoms with Crippen molar-refractivity contribution in [3.63, 3.8) is 0 Å². The fraction of sp³-hybridized carbons (Fsp3) is 0.621. The zero-order chi connectivity index (χ0) is 41.0. The van der Waals surface area contributed by atoms with Crippen molar-refractivity contribution in [2.45, 2.75) is 234 Å². The highest BCUT2D eigenvalue weighted by Crippen LogP contribution is 2.41. The largest absolute Gasteiger partial charge is 0.0654 e. The number of unbranched alkanes of at least 4 members (excludes halogenated alkanes) is 18. The van der Waals surface area contributed by atoms with Crippen LogP contribution in [0.25, 0.3) is 43.1 Å². The maximum absolute atomic E-state index is 2.69. The van der Waals surface area contributed by atoms with Gasteiger partial charge < -0.3 is 0 Å². The average molecular weight is 783 g/mol. The van der Waals surface area contributed by atoms with Gasteiger partial charge in [0.15, 0.2) is 0 Å². The van der Waals surface area contributed by atoms with Gasteiger partial charge in [-0.2, -0.15) is 0 Å². The third-order valence-corrected chi connectivity index (χ3v) is 13.8. The summed E-state index contributed by atoms with van der Waals surface area (Å²) < 4.78 is 0. The van der Waals surface area contributed by atoms with Crippen LogP contribution in [-0.4, -0.2) is 0 Å². The highest BCUT2D eigenvalue weighted by molar-refractivity contribution is 6.23. The molecular weight excluding hydrogens is 697 g/mol. The van der Waals surface area contributed by atoms with Gasteiger partial charge in [0.1, 0.15) is 0 Å². The summed E-state index contributed by atoms with van der Waals surface area (Å²) in [5.41, 5.74) is 10.2. The molecule has 0 amide bonds. The van der Waals surface area contributed by atoms with E-state index in [2.05, 4.69) is 90.1 Å². The predicted molar refractivity (Wildman–Crippen MR) is 264 cm³/mol. The first kappa shape index (κ1) is 46.2. The molecule has 5 rings (SSSR count). The molecule has 0 N–H and O–H groups in total. The summed E-state index contributed by atoms with van der Waals surface area (Å²) in [5.74, 6) is 0. The van der Waals surface area contributed by atoms with Gasteiger partial charge in [0.2, 0.25) is 0 Å². The molecule has 5 aromatic carbocycles. The van der Waals surface area contributed by atoms with Crippen LogP contribution >= 0.6 is 0 Å². The first-order valence-corrected chi connectivity index (χ1v) is 25.5. The highest BCUT2D eigenvalue weighted by atomic mass is 14.2. The fourth-order valence-electron chi connectivity index (χ4n) is 10.4. The van der Waals surface area contributed by atoms with Crippen molar-refractivity contribution in [3.8, 4) is 0 Å². The maximum atomic E-state index is 2.69. The van der Waals surface area contributed by atoms with E-state index in [4.69, 9.17) is 0 Å². The van der Waals surface area contributed by atoms with E-state index >= 15 is 0 Å². The second-order valence-corrected chi connectivity index (χ2v) is 18.4. The van der Waals surface area contributed by atoms with Gasteiger partial charge >= 0.3 is 0 Å². The summed E-state index contributed by atoms with van der Waals surface area (Å²) in [6.07, 6.45) is 39.4. The van der Waals surface area contributed by atoms with E-state index < -0.39 is 0 Å². The molecule has 0 heteroatoms. The molecule has 0 aliphatic rings. The molecule has 0 unspecified atom stereocenters. The Balaban J connectivity index is 1.70. The molecule has 0 nitrogen and oxygen atoms in total. The van der Waals surface area contributed by atoms with E-state index in [1.807, 2.05) is 0 Å². The van der Waals surface area contributed by atoms with Gasteiger partial charge in [-0.1, -0.05) is 206 Å². The Morgan fingerprint density at radius 2 is 0.466 bits per heavy atom. The maximum Gasteiger partial charge on any atom is -0.00987 e. The van der Waals surface area contributed by atoms with Crippen molar-refractivity contribution in [3.05, 3.63) is 81.9 Å². The second kappa shape index (κ2) is 25.7. The standard InChI is InChI=1S/C58H86/c1-7-13-19-25-31-45-43-57-53(49(35-29-23-17-11-5)47(45)33-27-21-15-9-3)39-37-51-52-38-40-54-50(36-30-24-18-12-6)48(34-28-22-16-10-4)46(32-26-20-14-8-2)44-58(54)56(52)42-41-55(51)57/h37-44H,7-36H2,1-6H3. The summed E-state index contributed by atoms with van der Waals surface area (Å²) in [4.78, 5) is 0. The molecule has 58 heavy (non-hydrogen) atoms. The molecule has 0 bridgehead atoms. The van der Waals surface area contributed by atoms with Crippen molar-refractivity contribution in [1.82, 2.24) is 0 Å². The molecule has 5 aromatic rings. The smallest absolute Gasteiger partial charge is 0.00987 e. The van der Waals surface area contributed by atoms with Crippen LogP contribution in [-0.2, 0) is 38.5 Å². The number of rotatable bonds is 30. The molecule has 0 saturated carbocycles. The molecule has 0 heterocycles. The SMILES string of the molecule is CCCCCCc1cc2c(ccc3c2ccc2c4cc(CCCCCC)c(CCCCCC)c(CCCCCC)c4ccc23)c(CCCCCC)c1CCCCCC. The fourth-order valence-corrected chi connectivity index (χ4v) is 10.4. The van der Waals surface area contributed by atoms with E-state index in [1.54, 1.807) is 44.2 Å². The second-order valence-electron chi connectivity index (χ2n) is 18.4. The molecule has 0 radical (unpaired) electrons. The number of fused-ring (bicyclic) bond motifs is 7. The van der Waals surface area contributed by atoms with Crippen molar-refractivity contribution in [2.75, 3.05) is 0 Å². The predicted octanol–water partition coefficient (Wildman–Crippen LogP) is 19.0. The van der Waals surface area contributed by atoms with Crippen LogP contribution in [0.3, 0.4) is 0 Å². The van der Waals surface area contributed by atoms with Crippen molar-refractivity contribution < 1.29 is 0 Å². The molecule has 0 atom stereocenters. The Kier molecular flexibility index (Phi) is 20.5. The minimum Gasteiger partial charge on any atom is -0.0654 e. The lowest BCUT2D eigenvalue weighted by atomic mass is 9.83. The molecule has 0 saturated heterocycles. The Hall–Kier alpha value is -2.86. The zero-order valence-electron chi connectivity index (χ0n) is 38.8. The van der Waals surface area contributed by atoms with E-state index in [9.17, 15) is 0 Å². The lowest BCUT2D eigenvalue weighted by molar-refractivity contribution is 0.641. The lowest BCUT2D eigenvalue weighted by Crippen LogP contribution is -2.04. The average Bonchev–Trinajstić information content (AvgIpc) is 3.24. The van der Waals surface area contributed by atoms with Crippen LogP contribution in [0, 0.1) is 0 Å². The van der Waals surface area contributed by atoms with Crippen LogP contribution < -0.4 is 0 Å². The number of aryl methyl sites for hydroxylation is 4.